The first kappa shape index (κ1) is 12.3. The quantitative estimate of drug-likeness (QED) is 0.916. The predicted octanol–water partition coefficient (Wildman–Crippen LogP) is 2.18. The van der Waals surface area contributed by atoms with Crippen molar-refractivity contribution in [1.82, 2.24) is 9.78 Å². The Labute approximate surface area is 120 Å². The van der Waals surface area contributed by atoms with Crippen molar-refractivity contribution in [2.45, 2.75) is 25.7 Å². The zero-order chi connectivity index (χ0) is 14.4. The first-order valence-electron chi connectivity index (χ1n) is 6.98. The van der Waals surface area contributed by atoms with Crippen molar-refractivity contribution in [1.29, 1.82) is 0 Å². The number of carboxylic acid groups (broad SMARTS) is 1. The molecule has 0 atom stereocenters. The fourth-order valence-corrected chi connectivity index (χ4v) is 3.00. The molecule has 1 aromatic carbocycles. The van der Waals surface area contributed by atoms with Gasteiger partial charge in [0, 0.05) is 17.3 Å². The van der Waals surface area contributed by atoms with Crippen molar-refractivity contribution in [2.24, 2.45) is 0 Å². The number of carboxylic acids is 1. The van der Waals surface area contributed by atoms with Crippen LogP contribution in [0.15, 0.2) is 18.2 Å². The van der Waals surface area contributed by atoms with Gasteiger partial charge in [0.15, 0.2) is 17.2 Å². The van der Waals surface area contributed by atoms with Gasteiger partial charge in [-0.25, -0.2) is 9.48 Å². The molecule has 4 rings (SSSR count). The van der Waals surface area contributed by atoms with Gasteiger partial charge in [-0.05, 0) is 37.8 Å². The van der Waals surface area contributed by atoms with E-state index in [4.69, 9.17) is 9.47 Å². The van der Waals surface area contributed by atoms with E-state index in [0.717, 1.165) is 42.6 Å². The van der Waals surface area contributed by atoms with Gasteiger partial charge in [-0.15, -0.1) is 0 Å². The summed E-state index contributed by atoms with van der Waals surface area (Å²) >= 11 is 0. The van der Waals surface area contributed by atoms with Crippen molar-refractivity contribution >= 4 is 5.97 Å². The number of ether oxygens (including phenoxy) is 2. The zero-order valence-corrected chi connectivity index (χ0v) is 11.3. The Hall–Kier alpha value is -2.50. The van der Waals surface area contributed by atoms with Crippen LogP contribution in [0, 0.1) is 0 Å². The summed E-state index contributed by atoms with van der Waals surface area (Å²) in [6.45, 7) is 0.219. The summed E-state index contributed by atoms with van der Waals surface area (Å²) in [6, 6.07) is 5.55. The molecule has 0 saturated heterocycles. The van der Waals surface area contributed by atoms with E-state index in [1.807, 2.05) is 18.2 Å². The van der Waals surface area contributed by atoms with Gasteiger partial charge >= 0.3 is 5.97 Å². The van der Waals surface area contributed by atoms with E-state index in [2.05, 4.69) is 5.10 Å². The highest BCUT2D eigenvalue weighted by molar-refractivity contribution is 5.87. The predicted molar refractivity (Wildman–Crippen MR) is 73.3 cm³/mol. The molecule has 0 radical (unpaired) electrons. The average molecular weight is 286 g/mol. The van der Waals surface area contributed by atoms with Crippen molar-refractivity contribution in [3.05, 3.63) is 35.2 Å². The molecule has 0 fully saturated rings. The average Bonchev–Trinajstić information content (AvgIpc) is 3.10. The van der Waals surface area contributed by atoms with Crippen molar-refractivity contribution in [3.8, 4) is 17.2 Å². The van der Waals surface area contributed by atoms with Gasteiger partial charge < -0.3 is 14.6 Å². The molecule has 1 N–H and O–H groups in total. The normalized spacial score (nSPS) is 15.8. The molecule has 6 heteroatoms. The van der Waals surface area contributed by atoms with Crippen molar-refractivity contribution in [2.75, 3.05) is 6.79 Å². The van der Waals surface area contributed by atoms with Gasteiger partial charge in [-0.1, -0.05) is 0 Å². The molecule has 2 aromatic rings. The van der Waals surface area contributed by atoms with Gasteiger partial charge in [-0.3, -0.25) is 0 Å². The second kappa shape index (κ2) is 4.51. The summed E-state index contributed by atoms with van der Waals surface area (Å²) in [5, 5.41) is 13.6. The van der Waals surface area contributed by atoms with E-state index < -0.39 is 5.97 Å². The molecule has 1 aromatic heterocycles. The number of aromatic carboxylic acids is 1. The van der Waals surface area contributed by atoms with Gasteiger partial charge in [0.25, 0.3) is 0 Å². The number of carbonyl (C=O) groups is 1. The van der Waals surface area contributed by atoms with E-state index in [0.29, 0.717) is 11.5 Å². The van der Waals surface area contributed by atoms with Crippen LogP contribution < -0.4 is 9.47 Å². The molecule has 108 valence electrons. The molecule has 2 heterocycles. The maximum Gasteiger partial charge on any atom is 0.356 e. The molecule has 0 saturated carbocycles. The Morgan fingerprint density at radius 3 is 2.86 bits per heavy atom. The number of hydrogen-bond acceptors (Lipinski definition) is 4. The van der Waals surface area contributed by atoms with Crippen LogP contribution in [0.4, 0.5) is 0 Å². The van der Waals surface area contributed by atoms with Crippen LogP contribution in [0.5, 0.6) is 11.5 Å². The Balaban J connectivity index is 1.86. The minimum Gasteiger partial charge on any atom is -0.476 e. The Morgan fingerprint density at radius 1 is 1.19 bits per heavy atom. The fraction of sp³-hybridized carbons (Fsp3) is 0.333. The van der Waals surface area contributed by atoms with Gasteiger partial charge in [0.2, 0.25) is 6.79 Å². The second-order valence-corrected chi connectivity index (χ2v) is 5.24. The lowest BCUT2D eigenvalue weighted by molar-refractivity contribution is 0.0688. The molecular weight excluding hydrogens is 272 g/mol. The largest absolute Gasteiger partial charge is 0.476 e. The maximum atomic E-state index is 11.4. The van der Waals surface area contributed by atoms with Crippen molar-refractivity contribution in [3.63, 3.8) is 0 Å². The third-order valence-corrected chi connectivity index (χ3v) is 3.98. The summed E-state index contributed by atoms with van der Waals surface area (Å²) in [6.07, 6.45) is 3.70. The number of fused-ring (bicyclic) bond motifs is 2. The highest BCUT2D eigenvalue weighted by Gasteiger charge is 2.26. The number of aromatic nitrogens is 2. The fourth-order valence-electron chi connectivity index (χ4n) is 3.00. The van der Waals surface area contributed by atoms with Crippen LogP contribution in [0.25, 0.3) is 5.69 Å². The third kappa shape index (κ3) is 1.86. The SMILES string of the molecule is O=C(O)c1nn(-c2ccc3c(c2)OCO3)c2c1CCCC2. The first-order chi connectivity index (χ1) is 10.2. The van der Waals surface area contributed by atoms with Crippen LogP contribution in [0.2, 0.25) is 0 Å². The van der Waals surface area contributed by atoms with E-state index >= 15 is 0 Å². The zero-order valence-electron chi connectivity index (χ0n) is 11.3. The summed E-state index contributed by atoms with van der Waals surface area (Å²) in [5.41, 5.74) is 2.84. The van der Waals surface area contributed by atoms with Crippen LogP contribution in [0.1, 0.15) is 34.6 Å². The third-order valence-electron chi connectivity index (χ3n) is 3.98. The van der Waals surface area contributed by atoms with Crippen LogP contribution >= 0.6 is 0 Å². The molecule has 0 spiro atoms. The van der Waals surface area contributed by atoms with E-state index in [1.54, 1.807) is 4.68 Å². The minimum atomic E-state index is -0.965. The number of rotatable bonds is 2. The monoisotopic (exact) mass is 286 g/mol. The number of hydrogen-bond donors (Lipinski definition) is 1. The Morgan fingerprint density at radius 2 is 2.00 bits per heavy atom. The lowest BCUT2D eigenvalue weighted by Gasteiger charge is -2.14. The number of nitrogens with zero attached hydrogens (tertiary/aromatic N) is 2. The highest BCUT2D eigenvalue weighted by Crippen LogP contribution is 2.35. The topological polar surface area (TPSA) is 73.6 Å². The van der Waals surface area contributed by atoms with E-state index in [1.165, 1.54) is 0 Å². The lowest BCUT2D eigenvalue weighted by atomic mass is 9.95. The summed E-state index contributed by atoms with van der Waals surface area (Å²) in [7, 11) is 0. The van der Waals surface area contributed by atoms with Crippen molar-refractivity contribution < 1.29 is 19.4 Å². The Kier molecular flexibility index (Phi) is 2.63. The lowest BCUT2D eigenvalue weighted by Crippen LogP contribution is -2.08. The molecular formula is C15H14N2O4. The van der Waals surface area contributed by atoms with E-state index in [-0.39, 0.29) is 12.5 Å². The maximum absolute atomic E-state index is 11.4. The van der Waals surface area contributed by atoms with Gasteiger partial charge in [-0.2, -0.15) is 5.10 Å². The second-order valence-electron chi connectivity index (χ2n) is 5.24. The highest BCUT2D eigenvalue weighted by atomic mass is 16.7. The molecule has 1 aliphatic carbocycles. The summed E-state index contributed by atoms with van der Waals surface area (Å²) in [4.78, 5) is 11.4. The minimum absolute atomic E-state index is 0.169. The first-order valence-corrected chi connectivity index (χ1v) is 6.98. The summed E-state index contributed by atoms with van der Waals surface area (Å²) < 4.78 is 12.4. The molecule has 1 aliphatic heterocycles. The molecule has 6 nitrogen and oxygen atoms in total. The van der Waals surface area contributed by atoms with Gasteiger partial charge in [0.05, 0.1) is 5.69 Å². The van der Waals surface area contributed by atoms with Crippen LogP contribution in [-0.2, 0) is 12.8 Å². The number of benzene rings is 1. The molecule has 0 unspecified atom stereocenters. The molecule has 0 amide bonds. The van der Waals surface area contributed by atoms with Gasteiger partial charge in [0.1, 0.15) is 0 Å². The molecule has 2 aliphatic rings. The Bertz CT molecular complexity index is 736. The standard InChI is InChI=1S/C15H14N2O4/c18-15(19)14-10-3-1-2-4-11(10)17(16-14)9-5-6-12-13(7-9)21-8-20-12/h5-7H,1-4,8H2,(H,18,19). The molecule has 0 bridgehead atoms. The van der Waals surface area contributed by atoms with Crippen LogP contribution in [-0.4, -0.2) is 27.6 Å². The summed E-state index contributed by atoms with van der Waals surface area (Å²) in [5.74, 6) is 0.412. The van der Waals surface area contributed by atoms with Crippen LogP contribution in [0.3, 0.4) is 0 Å². The molecule has 21 heavy (non-hydrogen) atoms. The van der Waals surface area contributed by atoms with E-state index in [9.17, 15) is 9.90 Å². The smallest absolute Gasteiger partial charge is 0.356 e.